The number of ether oxygens (including phenoxy) is 1. The van der Waals surface area contributed by atoms with E-state index in [2.05, 4.69) is 5.32 Å². The molecule has 22 heavy (non-hydrogen) atoms. The zero-order valence-corrected chi connectivity index (χ0v) is 12.7. The molecule has 1 rings (SSSR count). The van der Waals surface area contributed by atoms with Gasteiger partial charge in [-0.05, 0) is 30.5 Å². The van der Waals surface area contributed by atoms with E-state index in [0.29, 0.717) is 18.4 Å². The summed E-state index contributed by atoms with van der Waals surface area (Å²) in [6.07, 6.45) is 0.158. The van der Waals surface area contributed by atoms with E-state index < -0.39 is 24.8 Å². The third-order valence-electron chi connectivity index (χ3n) is 2.80. The number of amides is 1. The summed E-state index contributed by atoms with van der Waals surface area (Å²) in [4.78, 5) is 30.1. The minimum absolute atomic E-state index is 0.00626. The normalized spacial score (nSPS) is 13.2. The van der Waals surface area contributed by atoms with Crippen molar-refractivity contribution >= 4 is 19.8 Å². The quantitative estimate of drug-likeness (QED) is 0.282. The lowest BCUT2D eigenvalue weighted by Gasteiger charge is -2.09. The third kappa shape index (κ3) is 6.66. The molecule has 1 aromatic carbocycles. The highest BCUT2D eigenvalue weighted by Crippen LogP contribution is 2.21. The molecule has 0 spiro atoms. The van der Waals surface area contributed by atoms with Crippen molar-refractivity contribution in [1.29, 1.82) is 0 Å². The lowest BCUT2D eigenvalue weighted by molar-refractivity contribution is -0.384. The summed E-state index contributed by atoms with van der Waals surface area (Å²) in [5.41, 5.74) is 5.98. The van der Waals surface area contributed by atoms with Gasteiger partial charge in [0.1, 0.15) is 6.61 Å². The Bertz CT molecular complexity index is 536. The van der Waals surface area contributed by atoms with Crippen LogP contribution in [0.15, 0.2) is 24.3 Å². The van der Waals surface area contributed by atoms with Crippen LogP contribution in [0.3, 0.4) is 0 Å². The number of rotatable bonds is 8. The van der Waals surface area contributed by atoms with Crippen molar-refractivity contribution in [2.24, 2.45) is 5.73 Å². The molecular formula is C12H18N3O6P. The molecule has 10 heteroatoms. The van der Waals surface area contributed by atoms with Crippen molar-refractivity contribution < 1.29 is 23.9 Å². The topological polar surface area (TPSA) is 145 Å². The Morgan fingerprint density at radius 3 is 2.64 bits per heavy atom. The molecule has 9 nitrogen and oxygen atoms in total. The Kier molecular flexibility index (Phi) is 7.51. The summed E-state index contributed by atoms with van der Waals surface area (Å²) in [5, 5.41) is 13.0. The lowest BCUT2D eigenvalue weighted by Crippen LogP contribution is -2.26. The van der Waals surface area contributed by atoms with Crippen LogP contribution in [0.2, 0.25) is 0 Å². The van der Waals surface area contributed by atoms with Crippen molar-refractivity contribution in [2.45, 2.75) is 25.2 Å². The molecule has 0 aliphatic heterocycles. The maximum atomic E-state index is 11.4. The molecule has 2 atom stereocenters. The van der Waals surface area contributed by atoms with Gasteiger partial charge in [-0.2, -0.15) is 0 Å². The minimum atomic E-state index is -2.73. The highest BCUT2D eigenvalue weighted by molar-refractivity contribution is 7.38. The molecule has 1 aromatic rings. The molecule has 2 unspecified atom stereocenters. The van der Waals surface area contributed by atoms with E-state index in [1.165, 1.54) is 24.3 Å². The number of hydrogen-bond donors (Lipinski definition) is 3. The third-order valence-corrected chi connectivity index (χ3v) is 3.72. The van der Waals surface area contributed by atoms with E-state index >= 15 is 0 Å². The summed E-state index contributed by atoms with van der Waals surface area (Å²) in [6, 6.07) is 5.66. The number of benzene rings is 1. The van der Waals surface area contributed by atoms with Crippen molar-refractivity contribution in [3.05, 3.63) is 39.9 Å². The van der Waals surface area contributed by atoms with Gasteiger partial charge < -0.3 is 20.7 Å². The van der Waals surface area contributed by atoms with Gasteiger partial charge in [-0.25, -0.2) is 4.79 Å². The van der Waals surface area contributed by atoms with E-state index in [9.17, 15) is 19.5 Å². The molecule has 0 aliphatic rings. The zero-order chi connectivity index (χ0) is 16.5. The Morgan fingerprint density at radius 1 is 1.45 bits per heavy atom. The number of nitro benzene ring substituents is 1. The summed E-state index contributed by atoms with van der Waals surface area (Å²) in [7, 11) is -2.73. The number of hydrogen-bond acceptors (Lipinski definition) is 6. The van der Waals surface area contributed by atoms with Gasteiger partial charge in [0.25, 0.3) is 5.69 Å². The minimum Gasteiger partial charge on any atom is -0.445 e. The molecular weight excluding hydrogens is 313 g/mol. The molecule has 0 aliphatic carbocycles. The Morgan fingerprint density at radius 2 is 2.09 bits per heavy atom. The van der Waals surface area contributed by atoms with Crippen LogP contribution >= 0.6 is 8.03 Å². The molecule has 0 aromatic heterocycles. The maximum absolute atomic E-state index is 11.4. The molecule has 4 N–H and O–H groups in total. The van der Waals surface area contributed by atoms with Crippen LogP contribution in [-0.4, -0.2) is 28.2 Å². The first kappa shape index (κ1) is 18.1. The van der Waals surface area contributed by atoms with Gasteiger partial charge in [-0.1, -0.05) is 0 Å². The summed E-state index contributed by atoms with van der Waals surface area (Å²) in [6.45, 7) is 0.273. The van der Waals surface area contributed by atoms with Gasteiger partial charge in [-0.3, -0.25) is 14.7 Å². The van der Waals surface area contributed by atoms with Crippen LogP contribution in [0.1, 0.15) is 18.4 Å². The first-order chi connectivity index (χ1) is 10.4. The summed E-state index contributed by atoms with van der Waals surface area (Å²) >= 11 is 0. The van der Waals surface area contributed by atoms with Gasteiger partial charge >= 0.3 is 6.09 Å². The van der Waals surface area contributed by atoms with Crippen molar-refractivity contribution in [3.8, 4) is 0 Å². The molecule has 0 saturated heterocycles. The largest absolute Gasteiger partial charge is 0.445 e. The van der Waals surface area contributed by atoms with E-state index in [0.717, 1.165) is 0 Å². The van der Waals surface area contributed by atoms with E-state index in [-0.39, 0.29) is 18.8 Å². The van der Waals surface area contributed by atoms with Crippen LogP contribution < -0.4 is 11.1 Å². The van der Waals surface area contributed by atoms with E-state index in [1.54, 1.807) is 0 Å². The molecule has 0 fully saturated rings. The highest BCUT2D eigenvalue weighted by Gasteiger charge is 2.09. The predicted octanol–water partition coefficient (Wildman–Crippen LogP) is 1.35. The lowest BCUT2D eigenvalue weighted by atomic mass is 10.2. The number of non-ortho nitro benzene ring substituents is 1. The number of nitrogens with one attached hydrogen (secondary N) is 1. The van der Waals surface area contributed by atoms with Crippen LogP contribution in [0.25, 0.3) is 0 Å². The number of carbonyl (C=O) groups is 1. The second kappa shape index (κ2) is 9.14. The van der Waals surface area contributed by atoms with Gasteiger partial charge in [0.2, 0.25) is 8.03 Å². The van der Waals surface area contributed by atoms with Gasteiger partial charge in [0.15, 0.2) is 0 Å². The molecule has 0 heterocycles. The van der Waals surface area contributed by atoms with Gasteiger partial charge in [-0.15, -0.1) is 0 Å². The van der Waals surface area contributed by atoms with Crippen LogP contribution in [0.5, 0.6) is 0 Å². The Labute approximate surface area is 127 Å². The summed E-state index contributed by atoms with van der Waals surface area (Å²) in [5.74, 6) is -0.761. The molecule has 122 valence electrons. The number of nitro groups is 1. The monoisotopic (exact) mass is 331 g/mol. The fourth-order valence-electron chi connectivity index (χ4n) is 1.55. The average Bonchev–Trinajstić information content (AvgIpc) is 2.49. The number of alkyl carbamates (subject to hydrolysis) is 1. The predicted molar refractivity (Wildman–Crippen MR) is 79.7 cm³/mol. The van der Waals surface area contributed by atoms with E-state index in [1.807, 2.05) is 0 Å². The van der Waals surface area contributed by atoms with Gasteiger partial charge in [0.05, 0.1) is 10.7 Å². The van der Waals surface area contributed by atoms with Crippen molar-refractivity contribution in [3.63, 3.8) is 0 Å². The van der Waals surface area contributed by atoms with Crippen LogP contribution in [0.4, 0.5) is 10.5 Å². The number of nitrogens with two attached hydrogens (primary N) is 1. The van der Waals surface area contributed by atoms with Crippen molar-refractivity contribution in [1.82, 2.24) is 5.32 Å². The fourth-order valence-corrected chi connectivity index (χ4v) is 2.00. The second-order valence-corrected chi connectivity index (χ2v) is 5.93. The standard InChI is InChI=1S/C12H18N3O6P/c13-11(22(19)20)2-1-7-14-12(16)21-8-9-3-5-10(6-4-9)15(17)18/h3-6,11,22H,1-2,7-8,13H2,(H,14,16)(H,19,20). The van der Waals surface area contributed by atoms with Crippen LogP contribution in [0, 0.1) is 10.1 Å². The number of carbonyl (C=O) groups excluding carboxylic acids is 1. The molecule has 0 bridgehead atoms. The second-order valence-electron chi connectivity index (χ2n) is 4.51. The first-order valence-electron chi connectivity index (χ1n) is 6.52. The molecule has 0 saturated carbocycles. The maximum Gasteiger partial charge on any atom is 0.407 e. The van der Waals surface area contributed by atoms with Crippen LogP contribution in [-0.2, 0) is 15.9 Å². The Hall–Kier alpha value is -1.96. The molecule has 0 radical (unpaired) electrons. The van der Waals surface area contributed by atoms with Gasteiger partial charge in [0, 0.05) is 18.7 Å². The van der Waals surface area contributed by atoms with Crippen molar-refractivity contribution in [2.75, 3.05) is 6.54 Å². The summed E-state index contributed by atoms with van der Waals surface area (Å²) < 4.78 is 15.6. The zero-order valence-electron chi connectivity index (χ0n) is 11.7. The number of nitrogens with zero attached hydrogens (tertiary/aromatic N) is 1. The SMILES string of the molecule is NC(CCCNC(=O)OCc1ccc([N+](=O)[O-])cc1)[PH](=O)O. The van der Waals surface area contributed by atoms with E-state index in [4.69, 9.17) is 15.4 Å². The first-order valence-corrected chi connectivity index (χ1v) is 7.95. The highest BCUT2D eigenvalue weighted by atomic mass is 31.1. The smallest absolute Gasteiger partial charge is 0.407 e. The molecule has 1 amide bonds. The average molecular weight is 331 g/mol. The fraction of sp³-hybridized carbons (Fsp3) is 0.417. The Balaban J connectivity index is 2.23.